The van der Waals surface area contributed by atoms with Crippen LogP contribution in [0.25, 0.3) is 0 Å². The Morgan fingerprint density at radius 3 is 2.90 bits per heavy atom. The first-order chi connectivity index (χ1) is 9.69. The zero-order valence-electron chi connectivity index (χ0n) is 11.8. The quantitative estimate of drug-likeness (QED) is 0.841. The van der Waals surface area contributed by atoms with Gasteiger partial charge in [0.1, 0.15) is 12.4 Å². The second-order valence-corrected chi connectivity index (χ2v) is 5.58. The minimum atomic E-state index is 0.471. The lowest BCUT2D eigenvalue weighted by atomic mass is 10.2. The fraction of sp³-hybridized carbons (Fsp3) is 0.312. The van der Waals surface area contributed by atoms with Crippen molar-refractivity contribution in [3.05, 3.63) is 52.3 Å². The molecule has 0 amide bonds. The summed E-state index contributed by atoms with van der Waals surface area (Å²) in [6, 6.07) is 10.0. The molecule has 0 unspecified atom stereocenters. The van der Waals surface area contributed by atoms with Gasteiger partial charge in [-0.25, -0.2) is 0 Å². The first-order valence-electron chi connectivity index (χ1n) is 6.77. The lowest BCUT2D eigenvalue weighted by molar-refractivity contribution is 0.299. The number of halogens is 1. The Bertz CT molecular complexity index is 572. The predicted molar refractivity (Wildman–Crippen MR) is 86.2 cm³/mol. The molecular weight excluding hydrogens is 316 g/mol. The Kier molecular flexibility index (Phi) is 5.41. The maximum Gasteiger partial charge on any atom is 0.130 e. The summed E-state index contributed by atoms with van der Waals surface area (Å²) in [5.74, 6) is 0.882. The van der Waals surface area contributed by atoms with Crippen molar-refractivity contribution in [2.45, 2.75) is 26.9 Å². The summed E-state index contributed by atoms with van der Waals surface area (Å²) in [6.07, 6.45) is 2.91. The number of hydrogen-bond acceptors (Lipinski definition) is 3. The number of pyridine rings is 1. The highest BCUT2D eigenvalue weighted by atomic mass is 79.9. The predicted octanol–water partition coefficient (Wildman–Crippen LogP) is 4.55. The van der Waals surface area contributed by atoms with Gasteiger partial charge in [0.2, 0.25) is 0 Å². The molecule has 1 aromatic carbocycles. The highest BCUT2D eigenvalue weighted by Crippen LogP contribution is 2.23. The molecule has 0 saturated carbocycles. The van der Waals surface area contributed by atoms with E-state index in [-0.39, 0.29) is 0 Å². The summed E-state index contributed by atoms with van der Waals surface area (Å²) < 4.78 is 6.86. The number of rotatable bonds is 6. The Hall–Kier alpha value is -1.55. The molecular formula is C16H19BrN2O. The van der Waals surface area contributed by atoms with Crippen LogP contribution in [0.1, 0.15) is 24.6 Å². The van der Waals surface area contributed by atoms with Crippen LogP contribution in [0.2, 0.25) is 0 Å². The summed E-state index contributed by atoms with van der Waals surface area (Å²) in [4.78, 5) is 4.34. The van der Waals surface area contributed by atoms with E-state index in [9.17, 15) is 0 Å². The zero-order chi connectivity index (χ0) is 14.4. The van der Waals surface area contributed by atoms with E-state index in [1.165, 1.54) is 0 Å². The van der Waals surface area contributed by atoms with Crippen molar-refractivity contribution in [3.8, 4) is 5.75 Å². The lowest BCUT2D eigenvalue weighted by Crippen LogP contribution is -2.03. The SMILES string of the molecule is CCCNc1ccnc(COc2cc(Br)ccc2C)c1. The van der Waals surface area contributed by atoms with Crippen LogP contribution < -0.4 is 10.1 Å². The van der Waals surface area contributed by atoms with Gasteiger partial charge in [0.15, 0.2) is 0 Å². The van der Waals surface area contributed by atoms with Crippen molar-refractivity contribution in [1.82, 2.24) is 4.98 Å². The van der Waals surface area contributed by atoms with Gasteiger partial charge in [-0.3, -0.25) is 4.98 Å². The Morgan fingerprint density at radius 1 is 1.25 bits per heavy atom. The van der Waals surface area contributed by atoms with Crippen LogP contribution in [-0.2, 0) is 6.61 Å². The van der Waals surface area contributed by atoms with Crippen molar-refractivity contribution in [2.75, 3.05) is 11.9 Å². The molecule has 0 radical (unpaired) electrons. The molecule has 0 atom stereocenters. The molecule has 2 aromatic rings. The molecule has 3 nitrogen and oxygen atoms in total. The molecule has 0 fully saturated rings. The number of hydrogen-bond donors (Lipinski definition) is 1. The summed E-state index contributed by atoms with van der Waals surface area (Å²) >= 11 is 3.46. The Labute approximate surface area is 128 Å². The molecule has 1 heterocycles. The fourth-order valence-electron chi connectivity index (χ4n) is 1.82. The van der Waals surface area contributed by atoms with Gasteiger partial charge in [0, 0.05) is 22.9 Å². The summed E-state index contributed by atoms with van der Waals surface area (Å²) in [7, 11) is 0. The molecule has 2 rings (SSSR count). The maximum atomic E-state index is 5.84. The number of aryl methyl sites for hydroxylation is 1. The number of anilines is 1. The number of benzene rings is 1. The minimum absolute atomic E-state index is 0.471. The van der Waals surface area contributed by atoms with Crippen molar-refractivity contribution >= 4 is 21.6 Å². The molecule has 20 heavy (non-hydrogen) atoms. The van der Waals surface area contributed by atoms with Crippen LogP contribution in [0, 0.1) is 6.92 Å². The van der Waals surface area contributed by atoms with Gasteiger partial charge in [-0.1, -0.05) is 28.9 Å². The first kappa shape index (κ1) is 14.9. The summed E-state index contributed by atoms with van der Waals surface area (Å²) in [6.45, 7) is 5.62. The zero-order valence-corrected chi connectivity index (χ0v) is 13.4. The average Bonchev–Trinajstić information content (AvgIpc) is 2.46. The van der Waals surface area contributed by atoms with Crippen LogP contribution in [-0.4, -0.2) is 11.5 Å². The molecule has 0 saturated heterocycles. The van der Waals surface area contributed by atoms with Crippen molar-refractivity contribution in [2.24, 2.45) is 0 Å². The lowest BCUT2D eigenvalue weighted by Gasteiger charge is -2.10. The Balaban J connectivity index is 2.01. The number of ether oxygens (including phenoxy) is 1. The molecule has 4 heteroatoms. The third kappa shape index (κ3) is 4.23. The highest BCUT2D eigenvalue weighted by Gasteiger charge is 2.03. The highest BCUT2D eigenvalue weighted by molar-refractivity contribution is 9.10. The van der Waals surface area contributed by atoms with Crippen molar-refractivity contribution < 1.29 is 4.74 Å². The van der Waals surface area contributed by atoms with Crippen LogP contribution in [0.15, 0.2) is 41.0 Å². The van der Waals surface area contributed by atoms with Gasteiger partial charge in [-0.05, 0) is 43.2 Å². The molecule has 0 aliphatic rings. The molecule has 0 aliphatic carbocycles. The Morgan fingerprint density at radius 2 is 2.10 bits per heavy atom. The van der Waals surface area contributed by atoms with Crippen LogP contribution in [0.5, 0.6) is 5.75 Å². The van der Waals surface area contributed by atoms with E-state index in [1.807, 2.05) is 43.5 Å². The largest absolute Gasteiger partial charge is 0.487 e. The van der Waals surface area contributed by atoms with Crippen molar-refractivity contribution in [1.29, 1.82) is 0 Å². The van der Waals surface area contributed by atoms with Crippen LogP contribution in [0.4, 0.5) is 5.69 Å². The van der Waals surface area contributed by atoms with Gasteiger partial charge in [0.05, 0.1) is 5.69 Å². The second kappa shape index (κ2) is 7.29. The molecule has 106 valence electrons. The normalized spacial score (nSPS) is 10.3. The fourth-order valence-corrected chi connectivity index (χ4v) is 2.16. The monoisotopic (exact) mass is 334 g/mol. The number of nitrogens with zero attached hydrogens (tertiary/aromatic N) is 1. The van der Waals surface area contributed by atoms with Gasteiger partial charge >= 0.3 is 0 Å². The van der Waals surface area contributed by atoms with Gasteiger partial charge in [0.25, 0.3) is 0 Å². The summed E-state index contributed by atoms with van der Waals surface area (Å²) in [5, 5.41) is 3.35. The number of aromatic nitrogens is 1. The summed E-state index contributed by atoms with van der Waals surface area (Å²) in [5.41, 5.74) is 3.13. The van der Waals surface area contributed by atoms with E-state index in [1.54, 1.807) is 0 Å². The van der Waals surface area contributed by atoms with E-state index >= 15 is 0 Å². The maximum absolute atomic E-state index is 5.84. The first-order valence-corrected chi connectivity index (χ1v) is 7.56. The van der Waals surface area contributed by atoms with Gasteiger partial charge in [-0.2, -0.15) is 0 Å². The van der Waals surface area contributed by atoms with Crippen LogP contribution in [0.3, 0.4) is 0 Å². The topological polar surface area (TPSA) is 34.2 Å². The molecule has 0 bridgehead atoms. The van der Waals surface area contributed by atoms with Crippen LogP contribution >= 0.6 is 15.9 Å². The second-order valence-electron chi connectivity index (χ2n) is 4.66. The van der Waals surface area contributed by atoms with E-state index in [0.717, 1.165) is 40.1 Å². The third-order valence-corrected chi connectivity index (χ3v) is 3.41. The molecule has 0 spiro atoms. The van der Waals surface area contributed by atoms with E-state index in [4.69, 9.17) is 4.74 Å². The van der Waals surface area contributed by atoms with E-state index < -0.39 is 0 Å². The standard InChI is InChI=1S/C16H19BrN2O/c1-3-7-18-14-6-8-19-15(10-14)11-20-16-9-13(17)5-4-12(16)2/h4-6,8-10H,3,7,11H2,1-2H3,(H,18,19). The third-order valence-electron chi connectivity index (χ3n) is 2.92. The van der Waals surface area contributed by atoms with Gasteiger partial charge in [-0.15, -0.1) is 0 Å². The average molecular weight is 335 g/mol. The smallest absolute Gasteiger partial charge is 0.130 e. The molecule has 0 aliphatic heterocycles. The molecule has 1 N–H and O–H groups in total. The van der Waals surface area contributed by atoms with Gasteiger partial charge < -0.3 is 10.1 Å². The van der Waals surface area contributed by atoms with E-state index in [2.05, 4.69) is 33.2 Å². The molecule has 1 aromatic heterocycles. The minimum Gasteiger partial charge on any atom is -0.487 e. The van der Waals surface area contributed by atoms with Crippen molar-refractivity contribution in [3.63, 3.8) is 0 Å². The number of nitrogens with one attached hydrogen (secondary N) is 1. The van der Waals surface area contributed by atoms with E-state index in [0.29, 0.717) is 6.61 Å².